The molecular weight excluding hydrogens is 167 g/mol. The summed E-state index contributed by atoms with van der Waals surface area (Å²) in [5, 5.41) is 14.8. The second kappa shape index (κ2) is 3.38. The van der Waals surface area contributed by atoms with Crippen LogP contribution in [-0.4, -0.2) is 19.6 Å². The number of nitrogens with zero attached hydrogens (tertiary/aromatic N) is 4. The summed E-state index contributed by atoms with van der Waals surface area (Å²) in [4.78, 5) is 7.77. The quantitative estimate of drug-likeness (QED) is 0.387. The molecule has 0 aliphatic heterocycles. The maximum absolute atomic E-state index is 11.1. The summed E-state index contributed by atoms with van der Waals surface area (Å²) >= 11 is 0. The molecule has 0 aliphatic carbocycles. The Labute approximate surface area is 90.7 Å². The third-order valence-electron chi connectivity index (χ3n) is 1.35. The molecule has 56 valence electrons. The van der Waals surface area contributed by atoms with Crippen molar-refractivity contribution in [2.75, 3.05) is 0 Å². The fraction of sp³-hybridized carbons (Fsp3) is 0.167. The van der Waals surface area contributed by atoms with E-state index in [9.17, 15) is 5.11 Å². The number of rotatable bonds is 0. The summed E-state index contributed by atoms with van der Waals surface area (Å²) in [6.45, 7) is 1.75. The molecule has 2 aromatic rings. The number of aryl methyl sites for hydroxylation is 1. The van der Waals surface area contributed by atoms with E-state index in [1.165, 1.54) is 12.4 Å². The first kappa shape index (κ1) is 9.44. The molecule has 0 N–H and O–H groups in total. The van der Waals surface area contributed by atoms with Crippen molar-refractivity contribution < 1.29 is 34.7 Å². The van der Waals surface area contributed by atoms with Crippen LogP contribution in [0.3, 0.4) is 0 Å². The van der Waals surface area contributed by atoms with Crippen LogP contribution in [0.25, 0.3) is 5.78 Å². The van der Waals surface area contributed by atoms with E-state index in [4.69, 9.17) is 0 Å². The van der Waals surface area contributed by atoms with Gasteiger partial charge in [-0.05, 0) is 18.9 Å². The maximum Gasteiger partial charge on any atom is 1.00 e. The van der Waals surface area contributed by atoms with Crippen molar-refractivity contribution in [3.8, 4) is 5.88 Å². The van der Waals surface area contributed by atoms with Crippen LogP contribution in [0.15, 0.2) is 12.4 Å². The number of fused-ring (bicyclic) bond motifs is 1. The van der Waals surface area contributed by atoms with Crippen LogP contribution >= 0.6 is 0 Å². The molecule has 0 unspecified atom stereocenters. The zero-order valence-corrected chi connectivity index (χ0v) is 8.85. The molecule has 0 saturated carbocycles. The third-order valence-corrected chi connectivity index (χ3v) is 1.35. The Hall–Kier alpha value is -0.650. The average molecular weight is 172 g/mol. The van der Waals surface area contributed by atoms with Crippen molar-refractivity contribution in [2.24, 2.45) is 0 Å². The fourth-order valence-corrected chi connectivity index (χ4v) is 0.897. The number of hydrogen-bond donors (Lipinski definition) is 0. The summed E-state index contributed by atoms with van der Waals surface area (Å²) in [5.41, 5.74) is 0.663. The second-order valence-corrected chi connectivity index (χ2v) is 2.21. The zero-order chi connectivity index (χ0) is 7.84. The molecule has 12 heavy (non-hydrogen) atoms. The Balaban J connectivity index is 0.000000720. The van der Waals surface area contributed by atoms with E-state index in [1.807, 2.05) is 0 Å². The van der Waals surface area contributed by atoms with Gasteiger partial charge in [0.05, 0.1) is 0 Å². The molecule has 0 amide bonds. The Morgan fingerprint density at radius 2 is 2.25 bits per heavy atom. The van der Waals surface area contributed by atoms with Gasteiger partial charge in [-0.1, -0.05) is 0 Å². The van der Waals surface area contributed by atoms with Crippen LogP contribution in [0.5, 0.6) is 5.88 Å². The van der Waals surface area contributed by atoms with Gasteiger partial charge in [-0.15, -0.1) is 0 Å². The van der Waals surface area contributed by atoms with E-state index in [0.717, 1.165) is 4.52 Å². The molecule has 6 heteroatoms. The van der Waals surface area contributed by atoms with Crippen molar-refractivity contribution in [1.82, 2.24) is 19.6 Å². The summed E-state index contributed by atoms with van der Waals surface area (Å²) in [5.74, 6) is 0.167. The average Bonchev–Trinajstić information content (AvgIpc) is 2.34. The minimum Gasteiger partial charge on any atom is -0.858 e. The molecule has 2 heterocycles. The minimum atomic E-state index is -0.190. The number of hydrogen-bond acceptors (Lipinski definition) is 4. The van der Waals surface area contributed by atoms with Gasteiger partial charge >= 0.3 is 29.6 Å². The topological polar surface area (TPSA) is 66.1 Å². The SMILES string of the molecule is Cc1cc([O-])n2ncnc2n1.[Na+]. The molecule has 0 spiro atoms. The predicted molar refractivity (Wildman–Crippen MR) is 35.0 cm³/mol. The van der Waals surface area contributed by atoms with Gasteiger partial charge in [0, 0.05) is 5.69 Å². The molecule has 0 atom stereocenters. The first-order valence-corrected chi connectivity index (χ1v) is 3.12. The Morgan fingerprint density at radius 3 is 3.00 bits per heavy atom. The molecule has 5 nitrogen and oxygen atoms in total. The van der Waals surface area contributed by atoms with E-state index >= 15 is 0 Å². The van der Waals surface area contributed by atoms with Crippen molar-refractivity contribution in [2.45, 2.75) is 6.92 Å². The Morgan fingerprint density at radius 1 is 1.50 bits per heavy atom. The van der Waals surface area contributed by atoms with Crippen LogP contribution < -0.4 is 34.7 Å². The monoisotopic (exact) mass is 172 g/mol. The Kier molecular flexibility index (Phi) is 2.66. The normalized spacial score (nSPS) is 9.75. The van der Waals surface area contributed by atoms with Gasteiger partial charge < -0.3 is 5.11 Å². The van der Waals surface area contributed by atoms with Crippen LogP contribution in [0, 0.1) is 6.92 Å². The standard InChI is InChI=1S/C6H6N4O.Na/c1-4-2-5(11)10-6(9-4)7-3-8-10;/h2-3,11H,1H3;/q;+1/p-1. The van der Waals surface area contributed by atoms with Crippen LogP contribution in [-0.2, 0) is 0 Å². The maximum atomic E-state index is 11.1. The fourth-order valence-electron chi connectivity index (χ4n) is 0.897. The smallest absolute Gasteiger partial charge is 0.858 e. The predicted octanol–water partition coefficient (Wildman–Crippen LogP) is -3.49. The van der Waals surface area contributed by atoms with Gasteiger partial charge in [-0.2, -0.15) is 10.1 Å². The molecule has 0 radical (unpaired) electrons. The molecule has 0 bridgehead atoms. The van der Waals surface area contributed by atoms with Crippen LogP contribution in [0.1, 0.15) is 5.69 Å². The van der Waals surface area contributed by atoms with E-state index < -0.39 is 0 Å². The van der Waals surface area contributed by atoms with E-state index in [0.29, 0.717) is 11.5 Å². The van der Waals surface area contributed by atoms with Crippen LogP contribution in [0.2, 0.25) is 0 Å². The van der Waals surface area contributed by atoms with Gasteiger partial charge in [0.2, 0.25) is 0 Å². The van der Waals surface area contributed by atoms with Crippen molar-refractivity contribution in [3.63, 3.8) is 0 Å². The first-order valence-electron chi connectivity index (χ1n) is 3.12. The molecule has 0 aromatic carbocycles. The van der Waals surface area contributed by atoms with E-state index in [2.05, 4.69) is 15.1 Å². The third kappa shape index (κ3) is 1.43. The van der Waals surface area contributed by atoms with Gasteiger partial charge in [0.1, 0.15) is 6.33 Å². The van der Waals surface area contributed by atoms with Gasteiger partial charge in [-0.25, -0.2) is 9.50 Å². The largest absolute Gasteiger partial charge is 1.00 e. The van der Waals surface area contributed by atoms with Crippen molar-refractivity contribution in [3.05, 3.63) is 18.1 Å². The Bertz CT molecular complexity index is 399. The van der Waals surface area contributed by atoms with Gasteiger partial charge in [0.15, 0.2) is 0 Å². The second-order valence-electron chi connectivity index (χ2n) is 2.21. The molecule has 2 aromatic heterocycles. The summed E-state index contributed by atoms with van der Waals surface area (Å²) in [6.07, 6.45) is 1.31. The molecule has 2 rings (SSSR count). The summed E-state index contributed by atoms with van der Waals surface area (Å²) in [7, 11) is 0. The molecule has 0 aliphatic rings. The first-order chi connectivity index (χ1) is 5.27. The van der Waals surface area contributed by atoms with Gasteiger partial charge in [0.25, 0.3) is 5.78 Å². The van der Waals surface area contributed by atoms with Crippen molar-refractivity contribution in [1.29, 1.82) is 0 Å². The molecular formula is C6H5N4NaO. The van der Waals surface area contributed by atoms with Gasteiger partial charge in [-0.3, -0.25) is 0 Å². The van der Waals surface area contributed by atoms with E-state index in [-0.39, 0.29) is 35.4 Å². The number of aromatic nitrogens is 4. The summed E-state index contributed by atoms with van der Waals surface area (Å²) < 4.78 is 1.16. The van der Waals surface area contributed by atoms with Crippen LogP contribution in [0.4, 0.5) is 0 Å². The summed E-state index contributed by atoms with van der Waals surface area (Å²) in [6, 6.07) is 1.42. The van der Waals surface area contributed by atoms with E-state index in [1.54, 1.807) is 6.92 Å². The van der Waals surface area contributed by atoms with Crippen molar-refractivity contribution >= 4 is 5.78 Å². The molecule has 0 saturated heterocycles. The minimum absolute atomic E-state index is 0. The molecule has 0 fully saturated rings. The zero-order valence-electron chi connectivity index (χ0n) is 6.85.